The SMILES string of the molecule is Ic1nc2cscc2[nH]1. The quantitative estimate of drug-likeness (QED) is 0.713. The van der Waals surface area contributed by atoms with Crippen LogP contribution in [-0.4, -0.2) is 9.97 Å². The number of nitrogens with one attached hydrogen (secondary N) is 1. The van der Waals surface area contributed by atoms with E-state index in [-0.39, 0.29) is 0 Å². The lowest BCUT2D eigenvalue weighted by molar-refractivity contribution is 1.26. The normalized spacial score (nSPS) is 10.8. The number of imidazole rings is 1. The minimum Gasteiger partial charge on any atom is -0.333 e. The molecule has 0 fully saturated rings. The Morgan fingerprint density at radius 2 is 2.44 bits per heavy atom. The monoisotopic (exact) mass is 250 g/mol. The van der Waals surface area contributed by atoms with Gasteiger partial charge in [-0.2, -0.15) is 0 Å². The maximum absolute atomic E-state index is 4.21. The van der Waals surface area contributed by atoms with Gasteiger partial charge in [-0.25, -0.2) is 4.98 Å². The predicted octanol–water partition coefficient (Wildman–Crippen LogP) is 2.23. The molecule has 0 aromatic carbocycles. The van der Waals surface area contributed by atoms with Crippen molar-refractivity contribution in [1.29, 1.82) is 0 Å². The highest BCUT2D eigenvalue weighted by molar-refractivity contribution is 14.1. The van der Waals surface area contributed by atoms with Crippen LogP contribution in [0.2, 0.25) is 0 Å². The summed E-state index contributed by atoms with van der Waals surface area (Å²) < 4.78 is 0.963. The zero-order valence-corrected chi connectivity index (χ0v) is 7.36. The van der Waals surface area contributed by atoms with E-state index in [4.69, 9.17) is 0 Å². The fourth-order valence-electron chi connectivity index (χ4n) is 0.715. The van der Waals surface area contributed by atoms with Crippen molar-refractivity contribution >= 4 is 45.0 Å². The van der Waals surface area contributed by atoms with Crippen molar-refractivity contribution in [3.05, 3.63) is 14.6 Å². The van der Waals surface area contributed by atoms with Gasteiger partial charge < -0.3 is 4.98 Å². The van der Waals surface area contributed by atoms with Crippen LogP contribution in [0.5, 0.6) is 0 Å². The molecule has 9 heavy (non-hydrogen) atoms. The van der Waals surface area contributed by atoms with E-state index in [0.717, 1.165) is 14.9 Å². The average Bonchev–Trinajstić information content (AvgIpc) is 2.22. The maximum atomic E-state index is 4.21. The van der Waals surface area contributed by atoms with Gasteiger partial charge >= 0.3 is 0 Å². The molecule has 0 spiro atoms. The fourth-order valence-corrected chi connectivity index (χ4v) is 1.96. The van der Waals surface area contributed by atoms with Crippen LogP contribution in [0.4, 0.5) is 0 Å². The molecule has 1 N–H and O–H groups in total. The summed E-state index contributed by atoms with van der Waals surface area (Å²) in [4.78, 5) is 7.34. The number of aromatic amines is 1. The van der Waals surface area contributed by atoms with Gasteiger partial charge in [0.1, 0.15) is 5.52 Å². The molecule has 0 aliphatic carbocycles. The van der Waals surface area contributed by atoms with E-state index < -0.39 is 0 Å². The van der Waals surface area contributed by atoms with E-state index in [1.807, 2.05) is 5.38 Å². The van der Waals surface area contributed by atoms with Crippen LogP contribution in [0.1, 0.15) is 0 Å². The Hall–Kier alpha value is -0.100. The highest BCUT2D eigenvalue weighted by Crippen LogP contribution is 2.16. The smallest absolute Gasteiger partial charge is 0.169 e. The summed E-state index contributed by atoms with van der Waals surface area (Å²) in [6, 6.07) is 0. The highest BCUT2D eigenvalue weighted by Gasteiger charge is 1.97. The van der Waals surface area contributed by atoms with Crippen molar-refractivity contribution in [3.8, 4) is 0 Å². The molecule has 0 unspecified atom stereocenters. The molecule has 2 aromatic rings. The number of nitrogens with zero attached hydrogens (tertiary/aromatic N) is 1. The van der Waals surface area contributed by atoms with Crippen LogP contribution in [0.15, 0.2) is 10.8 Å². The summed E-state index contributed by atoms with van der Waals surface area (Å²) in [5, 5.41) is 4.10. The minimum atomic E-state index is 0.963. The van der Waals surface area contributed by atoms with Crippen LogP contribution in [0.3, 0.4) is 0 Å². The number of H-pyrrole nitrogens is 1. The Kier molecular flexibility index (Phi) is 1.23. The van der Waals surface area contributed by atoms with E-state index in [9.17, 15) is 0 Å². The molecule has 0 bridgehead atoms. The van der Waals surface area contributed by atoms with E-state index >= 15 is 0 Å². The summed E-state index contributed by atoms with van der Waals surface area (Å²) in [6.07, 6.45) is 0. The topological polar surface area (TPSA) is 28.7 Å². The first-order valence-corrected chi connectivity index (χ1v) is 4.46. The van der Waals surface area contributed by atoms with Crippen molar-refractivity contribution in [2.45, 2.75) is 0 Å². The molecule has 2 heterocycles. The van der Waals surface area contributed by atoms with Gasteiger partial charge in [0.15, 0.2) is 3.83 Å². The molecule has 0 aliphatic heterocycles. The molecule has 0 saturated heterocycles. The Balaban J connectivity index is 2.92. The number of hydrogen-bond acceptors (Lipinski definition) is 2. The number of hydrogen-bond donors (Lipinski definition) is 1. The van der Waals surface area contributed by atoms with Crippen molar-refractivity contribution in [2.75, 3.05) is 0 Å². The molecule has 0 amide bonds. The third kappa shape index (κ3) is 0.858. The predicted molar refractivity (Wildman–Crippen MR) is 46.7 cm³/mol. The van der Waals surface area contributed by atoms with Crippen molar-refractivity contribution < 1.29 is 0 Å². The maximum Gasteiger partial charge on any atom is 0.169 e. The number of rotatable bonds is 0. The molecule has 0 atom stereocenters. The standard InChI is InChI=1S/C5H3IN2S/c6-5-7-3-1-9-2-4(3)8-5/h1-2H,(H,7,8). The minimum absolute atomic E-state index is 0.963. The number of aromatic nitrogens is 2. The van der Waals surface area contributed by atoms with Gasteiger partial charge in [-0.15, -0.1) is 11.3 Å². The molecule has 46 valence electrons. The van der Waals surface area contributed by atoms with Gasteiger partial charge in [-0.05, 0) is 22.6 Å². The molecule has 2 aromatic heterocycles. The molecule has 0 radical (unpaired) electrons. The lowest BCUT2D eigenvalue weighted by Crippen LogP contribution is -1.67. The van der Waals surface area contributed by atoms with Gasteiger partial charge in [0, 0.05) is 10.8 Å². The lowest BCUT2D eigenvalue weighted by Gasteiger charge is -1.70. The molecular formula is C5H3IN2S. The number of fused-ring (bicyclic) bond motifs is 1. The third-order valence-corrected chi connectivity index (χ3v) is 2.34. The van der Waals surface area contributed by atoms with Gasteiger partial charge in [0.25, 0.3) is 0 Å². The summed E-state index contributed by atoms with van der Waals surface area (Å²) >= 11 is 3.84. The van der Waals surface area contributed by atoms with Crippen molar-refractivity contribution in [2.24, 2.45) is 0 Å². The van der Waals surface area contributed by atoms with Crippen LogP contribution in [0.25, 0.3) is 11.0 Å². The van der Waals surface area contributed by atoms with Gasteiger partial charge in [0.05, 0.1) is 5.52 Å². The highest BCUT2D eigenvalue weighted by atomic mass is 127. The van der Waals surface area contributed by atoms with E-state index in [1.165, 1.54) is 0 Å². The zero-order valence-electron chi connectivity index (χ0n) is 4.39. The van der Waals surface area contributed by atoms with Crippen LogP contribution < -0.4 is 0 Å². The lowest BCUT2D eigenvalue weighted by atomic mass is 10.5. The number of thiophene rings is 1. The summed E-state index contributed by atoms with van der Waals surface area (Å²) in [5.74, 6) is 0. The first kappa shape index (κ1) is 5.67. The fraction of sp³-hybridized carbons (Fsp3) is 0. The second-order valence-corrected chi connectivity index (χ2v) is 3.46. The molecule has 0 saturated carbocycles. The van der Waals surface area contributed by atoms with Crippen molar-refractivity contribution in [3.63, 3.8) is 0 Å². The zero-order chi connectivity index (χ0) is 6.27. The third-order valence-electron chi connectivity index (χ3n) is 1.10. The Morgan fingerprint density at radius 3 is 3.22 bits per heavy atom. The van der Waals surface area contributed by atoms with Gasteiger partial charge in [-0.3, -0.25) is 0 Å². The first-order valence-electron chi connectivity index (χ1n) is 2.43. The van der Waals surface area contributed by atoms with E-state index in [0.29, 0.717) is 0 Å². The second-order valence-electron chi connectivity index (χ2n) is 1.70. The van der Waals surface area contributed by atoms with Crippen molar-refractivity contribution in [1.82, 2.24) is 9.97 Å². The summed E-state index contributed by atoms with van der Waals surface area (Å²) in [7, 11) is 0. The molecule has 0 aliphatic rings. The summed E-state index contributed by atoms with van der Waals surface area (Å²) in [5.41, 5.74) is 2.22. The largest absolute Gasteiger partial charge is 0.333 e. The molecule has 2 nitrogen and oxygen atoms in total. The molecular weight excluding hydrogens is 247 g/mol. The molecule has 2 rings (SSSR count). The Morgan fingerprint density at radius 1 is 1.56 bits per heavy atom. The van der Waals surface area contributed by atoms with Crippen LogP contribution in [-0.2, 0) is 0 Å². The van der Waals surface area contributed by atoms with Gasteiger partial charge in [-0.1, -0.05) is 0 Å². The van der Waals surface area contributed by atoms with E-state index in [2.05, 4.69) is 37.9 Å². The van der Waals surface area contributed by atoms with E-state index in [1.54, 1.807) is 11.3 Å². The van der Waals surface area contributed by atoms with Crippen LogP contribution in [0, 0.1) is 3.83 Å². The van der Waals surface area contributed by atoms with Gasteiger partial charge in [0.2, 0.25) is 0 Å². The average molecular weight is 250 g/mol. The Labute approximate surface area is 69.4 Å². The number of halogens is 1. The summed E-state index contributed by atoms with van der Waals surface area (Å²) in [6.45, 7) is 0. The molecule has 4 heteroatoms. The Bertz CT molecular complexity index is 296. The van der Waals surface area contributed by atoms with Crippen LogP contribution >= 0.6 is 33.9 Å². The second kappa shape index (κ2) is 1.95. The first-order chi connectivity index (χ1) is 4.36.